The molecule has 2 heterocycles. The van der Waals surface area contributed by atoms with Gasteiger partial charge in [-0.05, 0) is 35.0 Å². The molecule has 6 heteroatoms. The number of pyridine rings is 1. The number of nitrogens with zero attached hydrogens (tertiary/aromatic N) is 4. The van der Waals surface area contributed by atoms with Crippen LogP contribution < -0.4 is 5.32 Å². The predicted molar refractivity (Wildman–Crippen MR) is 84.4 cm³/mol. The molecular weight excluding hydrogens is 278 g/mol. The Labute approximate surface area is 129 Å². The average molecular weight is 297 g/mol. The average Bonchev–Trinajstić information content (AvgIpc) is 3.04. The number of hydrogen-bond donors (Lipinski definition) is 1. The lowest BCUT2D eigenvalue weighted by atomic mass is 10.1. The fourth-order valence-corrected chi connectivity index (χ4v) is 2.40. The molecule has 0 unspecified atom stereocenters. The maximum Gasteiger partial charge on any atom is 0.183 e. The minimum atomic E-state index is 0.730. The highest BCUT2D eigenvalue weighted by atomic mass is 16.5. The third kappa shape index (κ3) is 3.29. The van der Waals surface area contributed by atoms with Crippen molar-refractivity contribution in [1.29, 1.82) is 0 Å². The van der Waals surface area contributed by atoms with Crippen LogP contribution in [0.5, 0.6) is 0 Å². The first-order valence-corrected chi connectivity index (χ1v) is 7.34. The van der Waals surface area contributed by atoms with Crippen molar-refractivity contribution in [2.75, 3.05) is 20.3 Å². The van der Waals surface area contributed by atoms with Gasteiger partial charge in [-0.1, -0.05) is 30.3 Å². The zero-order valence-corrected chi connectivity index (χ0v) is 12.6. The highest BCUT2D eigenvalue weighted by molar-refractivity contribution is 5.66. The van der Waals surface area contributed by atoms with E-state index in [-0.39, 0.29) is 0 Å². The summed E-state index contributed by atoms with van der Waals surface area (Å²) in [4.78, 5) is 0. The lowest BCUT2D eigenvalue weighted by molar-refractivity contribution is 0.194. The molecule has 2 aromatic heterocycles. The summed E-state index contributed by atoms with van der Waals surface area (Å²) in [6.45, 7) is 2.39. The van der Waals surface area contributed by atoms with Crippen LogP contribution >= 0.6 is 0 Å². The Hall–Kier alpha value is -2.31. The van der Waals surface area contributed by atoms with E-state index in [1.165, 1.54) is 0 Å². The van der Waals surface area contributed by atoms with Crippen LogP contribution in [0.15, 0.2) is 42.6 Å². The molecule has 0 aliphatic rings. The van der Waals surface area contributed by atoms with Crippen LogP contribution in [-0.4, -0.2) is 40.3 Å². The highest BCUT2D eigenvalue weighted by Gasteiger charge is 2.08. The van der Waals surface area contributed by atoms with Gasteiger partial charge in [-0.25, -0.2) is 0 Å². The van der Waals surface area contributed by atoms with Gasteiger partial charge in [-0.3, -0.25) is 0 Å². The summed E-state index contributed by atoms with van der Waals surface area (Å²) in [5, 5.41) is 15.3. The number of hydrogen-bond acceptors (Lipinski definition) is 5. The van der Waals surface area contributed by atoms with E-state index in [0.29, 0.717) is 0 Å². The number of benzene rings is 1. The number of methoxy groups -OCH3 is 1. The Balaban J connectivity index is 1.83. The number of nitrogens with one attached hydrogen (secondary N) is 1. The van der Waals surface area contributed by atoms with E-state index in [0.717, 1.165) is 48.5 Å². The Morgan fingerprint density at radius 1 is 1.18 bits per heavy atom. The number of ether oxygens (including phenoxy) is 1. The molecule has 0 saturated heterocycles. The van der Waals surface area contributed by atoms with Crippen molar-refractivity contribution in [1.82, 2.24) is 25.4 Å². The zero-order valence-electron chi connectivity index (χ0n) is 12.6. The molecule has 0 aliphatic carbocycles. The zero-order chi connectivity index (χ0) is 15.2. The molecule has 1 aromatic carbocycles. The lowest BCUT2D eigenvalue weighted by Gasteiger charge is -2.08. The van der Waals surface area contributed by atoms with Gasteiger partial charge in [-0.2, -0.15) is 4.52 Å². The molecule has 0 fully saturated rings. The second-order valence-electron chi connectivity index (χ2n) is 5.09. The summed E-state index contributed by atoms with van der Waals surface area (Å²) in [7, 11) is 1.72. The van der Waals surface area contributed by atoms with Gasteiger partial charge in [0, 0.05) is 37.6 Å². The van der Waals surface area contributed by atoms with E-state index < -0.39 is 0 Å². The molecule has 0 spiro atoms. The summed E-state index contributed by atoms with van der Waals surface area (Å²) in [5.74, 6) is 0. The van der Waals surface area contributed by atoms with Crippen LogP contribution in [0.1, 0.15) is 12.0 Å². The monoisotopic (exact) mass is 297 g/mol. The van der Waals surface area contributed by atoms with E-state index in [4.69, 9.17) is 4.74 Å². The number of fused-ring (bicyclic) bond motifs is 1. The van der Waals surface area contributed by atoms with Crippen LogP contribution in [-0.2, 0) is 11.3 Å². The maximum atomic E-state index is 5.05. The van der Waals surface area contributed by atoms with Crippen molar-refractivity contribution >= 4 is 5.65 Å². The molecule has 0 atom stereocenters. The molecule has 6 nitrogen and oxygen atoms in total. The predicted octanol–water partition coefficient (Wildman–Crippen LogP) is 1.92. The van der Waals surface area contributed by atoms with Crippen molar-refractivity contribution in [2.24, 2.45) is 0 Å². The van der Waals surface area contributed by atoms with Crippen molar-refractivity contribution in [3.8, 4) is 11.1 Å². The minimum absolute atomic E-state index is 0.730. The van der Waals surface area contributed by atoms with E-state index in [9.17, 15) is 0 Å². The molecule has 0 saturated carbocycles. The number of tetrazole rings is 1. The molecule has 114 valence electrons. The minimum Gasteiger partial charge on any atom is -0.385 e. The van der Waals surface area contributed by atoms with Gasteiger partial charge in [0.1, 0.15) is 0 Å². The fraction of sp³-hybridized carbons (Fsp3) is 0.312. The third-order valence-corrected chi connectivity index (χ3v) is 3.50. The second-order valence-corrected chi connectivity index (χ2v) is 5.09. The molecular formula is C16H19N5O. The van der Waals surface area contributed by atoms with E-state index in [1.807, 2.05) is 24.4 Å². The van der Waals surface area contributed by atoms with Crippen LogP contribution in [0.4, 0.5) is 0 Å². The first-order valence-electron chi connectivity index (χ1n) is 7.34. The van der Waals surface area contributed by atoms with E-state index >= 15 is 0 Å². The summed E-state index contributed by atoms with van der Waals surface area (Å²) >= 11 is 0. The molecule has 3 rings (SSSR count). The van der Waals surface area contributed by atoms with Crippen LogP contribution in [0.2, 0.25) is 0 Å². The molecule has 0 aliphatic heterocycles. The van der Waals surface area contributed by atoms with Crippen molar-refractivity contribution in [3.05, 3.63) is 48.2 Å². The van der Waals surface area contributed by atoms with Crippen molar-refractivity contribution in [2.45, 2.75) is 13.0 Å². The van der Waals surface area contributed by atoms with Gasteiger partial charge in [0.15, 0.2) is 5.65 Å². The van der Waals surface area contributed by atoms with Gasteiger partial charge < -0.3 is 10.1 Å². The van der Waals surface area contributed by atoms with Crippen molar-refractivity contribution < 1.29 is 4.74 Å². The van der Waals surface area contributed by atoms with E-state index in [1.54, 1.807) is 11.6 Å². The van der Waals surface area contributed by atoms with E-state index in [2.05, 4.69) is 39.0 Å². The van der Waals surface area contributed by atoms with Crippen molar-refractivity contribution in [3.63, 3.8) is 0 Å². The van der Waals surface area contributed by atoms with Gasteiger partial charge in [0.2, 0.25) is 0 Å². The summed E-state index contributed by atoms with van der Waals surface area (Å²) in [5.41, 5.74) is 4.14. The first kappa shape index (κ1) is 14.6. The van der Waals surface area contributed by atoms with Crippen LogP contribution in [0.25, 0.3) is 16.8 Å². The van der Waals surface area contributed by atoms with Gasteiger partial charge in [0.05, 0.1) is 0 Å². The van der Waals surface area contributed by atoms with Gasteiger partial charge >= 0.3 is 0 Å². The Kier molecular flexibility index (Phi) is 4.72. The largest absolute Gasteiger partial charge is 0.385 e. The fourth-order valence-electron chi connectivity index (χ4n) is 2.40. The summed E-state index contributed by atoms with van der Waals surface area (Å²) < 4.78 is 6.78. The SMILES string of the molecule is COCCCNCc1cc(-c2ccccc2)cn2nnnc12. The number of rotatable bonds is 7. The topological polar surface area (TPSA) is 64.3 Å². The molecule has 0 bridgehead atoms. The third-order valence-electron chi connectivity index (χ3n) is 3.50. The molecule has 1 N–H and O–H groups in total. The molecule has 22 heavy (non-hydrogen) atoms. The van der Waals surface area contributed by atoms with Gasteiger partial charge in [0.25, 0.3) is 0 Å². The normalized spacial score (nSPS) is 11.1. The Bertz CT molecular complexity index is 726. The standard InChI is InChI=1S/C16H19N5O/c1-22-9-5-8-17-11-14-10-15(13-6-3-2-4-7-13)12-21-16(14)18-19-20-21/h2-4,6-7,10,12,17H,5,8-9,11H2,1H3. The second kappa shape index (κ2) is 7.11. The molecule has 3 aromatic rings. The Morgan fingerprint density at radius 3 is 2.86 bits per heavy atom. The quantitative estimate of drug-likeness (QED) is 0.675. The molecule has 0 radical (unpaired) electrons. The van der Waals surface area contributed by atoms with Crippen LogP contribution in [0, 0.1) is 0 Å². The Morgan fingerprint density at radius 2 is 2.05 bits per heavy atom. The molecule has 0 amide bonds. The maximum absolute atomic E-state index is 5.05. The lowest BCUT2D eigenvalue weighted by Crippen LogP contribution is -2.17. The summed E-state index contributed by atoms with van der Waals surface area (Å²) in [6.07, 6.45) is 2.94. The smallest absolute Gasteiger partial charge is 0.183 e. The van der Waals surface area contributed by atoms with Gasteiger partial charge in [-0.15, -0.1) is 5.10 Å². The first-order chi connectivity index (χ1) is 10.9. The number of aromatic nitrogens is 4. The van der Waals surface area contributed by atoms with Crippen LogP contribution in [0.3, 0.4) is 0 Å². The highest BCUT2D eigenvalue weighted by Crippen LogP contribution is 2.21. The summed E-state index contributed by atoms with van der Waals surface area (Å²) in [6, 6.07) is 12.4.